The third-order valence-corrected chi connectivity index (χ3v) is 5.57. The molecule has 3 rings (SSSR count). The molecule has 2 aliphatic rings. The monoisotopic (exact) mass is 271 g/mol. The van der Waals surface area contributed by atoms with Crippen LogP contribution in [0.3, 0.4) is 0 Å². The molecule has 0 heterocycles. The maximum absolute atomic E-state index is 3.41. The molecule has 0 radical (unpaired) electrons. The largest absolute Gasteiger partial charge is 0.319 e. The van der Waals surface area contributed by atoms with Gasteiger partial charge in [0.2, 0.25) is 0 Å². The van der Waals surface area contributed by atoms with Gasteiger partial charge >= 0.3 is 0 Å². The summed E-state index contributed by atoms with van der Waals surface area (Å²) in [7, 11) is 2.10. The Morgan fingerprint density at radius 1 is 0.850 bits per heavy atom. The Labute approximate surface area is 124 Å². The van der Waals surface area contributed by atoms with E-state index in [2.05, 4.69) is 36.6 Å². The second kappa shape index (κ2) is 6.76. The van der Waals surface area contributed by atoms with Crippen molar-refractivity contribution in [3.8, 4) is 0 Å². The topological polar surface area (TPSA) is 12.0 Å². The van der Waals surface area contributed by atoms with E-state index in [1.165, 1.54) is 57.9 Å². The van der Waals surface area contributed by atoms with Gasteiger partial charge in [0, 0.05) is 0 Å². The van der Waals surface area contributed by atoms with Gasteiger partial charge in [0.25, 0.3) is 0 Å². The van der Waals surface area contributed by atoms with Gasteiger partial charge in [-0.05, 0) is 68.2 Å². The number of rotatable bonds is 4. The van der Waals surface area contributed by atoms with Crippen molar-refractivity contribution in [2.75, 3.05) is 13.6 Å². The van der Waals surface area contributed by atoms with Gasteiger partial charge < -0.3 is 5.32 Å². The van der Waals surface area contributed by atoms with Crippen LogP contribution >= 0.6 is 0 Å². The van der Waals surface area contributed by atoms with Crippen LogP contribution in [0, 0.1) is 5.92 Å². The molecule has 0 aliphatic heterocycles. The van der Waals surface area contributed by atoms with Crippen LogP contribution in [0.15, 0.2) is 24.3 Å². The van der Waals surface area contributed by atoms with E-state index in [0.717, 1.165) is 17.8 Å². The summed E-state index contributed by atoms with van der Waals surface area (Å²) >= 11 is 0. The summed E-state index contributed by atoms with van der Waals surface area (Å²) in [6, 6.07) is 9.71. The van der Waals surface area contributed by atoms with E-state index in [9.17, 15) is 0 Å². The van der Waals surface area contributed by atoms with Gasteiger partial charge in [-0.3, -0.25) is 0 Å². The zero-order valence-corrected chi connectivity index (χ0v) is 12.9. The molecule has 1 heteroatoms. The van der Waals surface area contributed by atoms with Crippen molar-refractivity contribution in [1.82, 2.24) is 5.32 Å². The Hall–Kier alpha value is -0.820. The van der Waals surface area contributed by atoms with Crippen molar-refractivity contribution in [2.45, 2.75) is 63.2 Å². The maximum atomic E-state index is 3.41. The molecule has 2 aliphatic carbocycles. The van der Waals surface area contributed by atoms with Crippen molar-refractivity contribution in [2.24, 2.45) is 5.92 Å². The first-order chi connectivity index (χ1) is 9.88. The third kappa shape index (κ3) is 3.09. The molecule has 0 aromatic heterocycles. The highest BCUT2D eigenvalue weighted by Crippen LogP contribution is 2.39. The van der Waals surface area contributed by atoms with E-state index in [-0.39, 0.29) is 0 Å². The van der Waals surface area contributed by atoms with Crippen molar-refractivity contribution in [3.05, 3.63) is 35.4 Å². The fourth-order valence-corrected chi connectivity index (χ4v) is 4.09. The van der Waals surface area contributed by atoms with Gasteiger partial charge in [0.05, 0.1) is 0 Å². The summed E-state index contributed by atoms with van der Waals surface area (Å²) in [5, 5.41) is 3.41. The minimum Gasteiger partial charge on any atom is -0.319 e. The summed E-state index contributed by atoms with van der Waals surface area (Å²) in [6.07, 6.45) is 11.3. The number of benzene rings is 1. The smallest absolute Gasteiger partial charge is 0.00177 e. The lowest BCUT2D eigenvalue weighted by Gasteiger charge is -2.28. The standard InChI is InChI=1S/C19H29N/c1-20-14-18-6-3-2-4-9-19(18)17-12-10-16(11-13-17)15-7-5-8-15/h10-13,15,18-20H,2-9,14H2,1H3. The van der Waals surface area contributed by atoms with E-state index < -0.39 is 0 Å². The number of nitrogens with one attached hydrogen (secondary N) is 1. The molecule has 0 saturated heterocycles. The van der Waals surface area contributed by atoms with Gasteiger partial charge in [0.1, 0.15) is 0 Å². The Morgan fingerprint density at radius 2 is 1.55 bits per heavy atom. The lowest BCUT2D eigenvalue weighted by Crippen LogP contribution is -2.24. The molecule has 2 unspecified atom stereocenters. The Bertz CT molecular complexity index is 404. The molecule has 110 valence electrons. The van der Waals surface area contributed by atoms with E-state index in [4.69, 9.17) is 0 Å². The van der Waals surface area contributed by atoms with Gasteiger partial charge in [-0.1, -0.05) is 49.9 Å². The van der Waals surface area contributed by atoms with Gasteiger partial charge in [0.15, 0.2) is 0 Å². The molecule has 2 fully saturated rings. The van der Waals surface area contributed by atoms with Crippen LogP contribution < -0.4 is 5.32 Å². The highest BCUT2D eigenvalue weighted by Gasteiger charge is 2.25. The van der Waals surface area contributed by atoms with E-state index in [1.807, 2.05) is 0 Å². The quantitative estimate of drug-likeness (QED) is 0.773. The van der Waals surface area contributed by atoms with Crippen LogP contribution in [0.2, 0.25) is 0 Å². The molecule has 0 spiro atoms. The maximum Gasteiger partial charge on any atom is -0.00177 e. The molecular formula is C19H29N. The average Bonchev–Trinajstić information content (AvgIpc) is 2.64. The van der Waals surface area contributed by atoms with Crippen LogP contribution in [-0.2, 0) is 0 Å². The van der Waals surface area contributed by atoms with Gasteiger partial charge in [-0.2, -0.15) is 0 Å². The van der Waals surface area contributed by atoms with Crippen LogP contribution in [0.1, 0.15) is 74.3 Å². The van der Waals surface area contributed by atoms with Crippen molar-refractivity contribution < 1.29 is 0 Å². The molecule has 1 nitrogen and oxygen atoms in total. The molecule has 1 N–H and O–H groups in total. The predicted molar refractivity (Wildman–Crippen MR) is 86.3 cm³/mol. The zero-order valence-electron chi connectivity index (χ0n) is 12.9. The second-order valence-electron chi connectivity index (χ2n) is 6.86. The Kier molecular flexibility index (Phi) is 4.77. The van der Waals surface area contributed by atoms with Crippen LogP contribution in [0.4, 0.5) is 0 Å². The minimum atomic E-state index is 0.778. The van der Waals surface area contributed by atoms with E-state index in [0.29, 0.717) is 0 Å². The Morgan fingerprint density at radius 3 is 2.20 bits per heavy atom. The summed E-state index contributed by atoms with van der Waals surface area (Å²) in [5.74, 6) is 2.48. The van der Waals surface area contributed by atoms with Crippen LogP contribution in [0.25, 0.3) is 0 Å². The summed E-state index contributed by atoms with van der Waals surface area (Å²) in [5.41, 5.74) is 3.18. The third-order valence-electron chi connectivity index (χ3n) is 5.57. The minimum absolute atomic E-state index is 0.778. The fraction of sp³-hybridized carbons (Fsp3) is 0.684. The molecule has 2 saturated carbocycles. The first kappa shape index (κ1) is 14.1. The summed E-state index contributed by atoms with van der Waals surface area (Å²) in [4.78, 5) is 0. The first-order valence-corrected chi connectivity index (χ1v) is 8.63. The van der Waals surface area contributed by atoms with Crippen molar-refractivity contribution >= 4 is 0 Å². The van der Waals surface area contributed by atoms with Crippen molar-refractivity contribution in [1.29, 1.82) is 0 Å². The molecule has 0 bridgehead atoms. The molecule has 1 aromatic rings. The normalized spacial score (nSPS) is 27.9. The fourth-order valence-electron chi connectivity index (χ4n) is 4.09. The summed E-state index contributed by atoms with van der Waals surface area (Å²) < 4.78 is 0. The second-order valence-corrected chi connectivity index (χ2v) is 6.86. The molecule has 0 amide bonds. The molecule has 2 atom stereocenters. The first-order valence-electron chi connectivity index (χ1n) is 8.63. The van der Waals surface area contributed by atoms with Crippen molar-refractivity contribution in [3.63, 3.8) is 0 Å². The van der Waals surface area contributed by atoms with Gasteiger partial charge in [-0.25, -0.2) is 0 Å². The highest BCUT2D eigenvalue weighted by atomic mass is 14.8. The average molecular weight is 271 g/mol. The van der Waals surface area contributed by atoms with Crippen LogP contribution in [0.5, 0.6) is 0 Å². The Balaban J connectivity index is 1.74. The molecule has 1 aromatic carbocycles. The van der Waals surface area contributed by atoms with E-state index >= 15 is 0 Å². The molecular weight excluding hydrogens is 242 g/mol. The predicted octanol–water partition coefficient (Wildman–Crippen LogP) is 4.84. The highest BCUT2D eigenvalue weighted by molar-refractivity contribution is 5.29. The van der Waals surface area contributed by atoms with E-state index in [1.54, 1.807) is 11.1 Å². The lowest BCUT2D eigenvalue weighted by molar-refractivity contribution is 0.385. The lowest BCUT2D eigenvalue weighted by atomic mass is 9.78. The summed E-state index contributed by atoms with van der Waals surface area (Å²) in [6.45, 7) is 1.18. The van der Waals surface area contributed by atoms with Crippen LogP contribution in [-0.4, -0.2) is 13.6 Å². The number of hydrogen-bond acceptors (Lipinski definition) is 1. The zero-order chi connectivity index (χ0) is 13.8. The SMILES string of the molecule is CNCC1CCCCCC1c1ccc(C2CCC2)cc1. The molecule has 20 heavy (non-hydrogen) atoms. The van der Waals surface area contributed by atoms with Gasteiger partial charge in [-0.15, -0.1) is 0 Å². The number of hydrogen-bond donors (Lipinski definition) is 1.